The molecule has 0 atom stereocenters. The van der Waals surface area contributed by atoms with Crippen molar-refractivity contribution in [2.24, 2.45) is 0 Å². The van der Waals surface area contributed by atoms with Crippen LogP contribution >= 0.6 is 12.4 Å². The number of benzene rings is 1. The Morgan fingerprint density at radius 2 is 0.609 bits per heavy atom. The van der Waals surface area contributed by atoms with Crippen molar-refractivity contribution in [3.63, 3.8) is 0 Å². The molecule has 0 saturated heterocycles. The second kappa shape index (κ2) is 37.1. The number of aryl methyl sites for hydroxylation is 1. The molecule has 2 heteroatoms. The second-order valence-electron chi connectivity index (χ2n) is 14.8. The van der Waals surface area contributed by atoms with Crippen LogP contribution in [0.15, 0.2) is 24.3 Å². The predicted octanol–water partition coefficient (Wildman–Crippen LogP) is 16.0. The summed E-state index contributed by atoms with van der Waals surface area (Å²) in [5.74, 6) is 0. The van der Waals surface area contributed by atoms with Crippen LogP contribution in [-0.4, -0.2) is 13.6 Å². The number of unbranched alkanes of at least 4 members (excludes halogenated alkanes) is 31. The molecule has 0 fully saturated rings. The fourth-order valence-electron chi connectivity index (χ4n) is 7.00. The van der Waals surface area contributed by atoms with Gasteiger partial charge in [0.2, 0.25) is 0 Å². The highest BCUT2D eigenvalue weighted by Gasteiger charge is 2.02. The zero-order valence-corrected chi connectivity index (χ0v) is 32.7. The lowest BCUT2D eigenvalue weighted by Gasteiger charge is -2.19. The minimum Gasteiger partial charge on any atom is -0.375 e. The maximum absolute atomic E-state index is 2.46. The van der Waals surface area contributed by atoms with Gasteiger partial charge in [0.1, 0.15) is 0 Å². The van der Waals surface area contributed by atoms with Crippen LogP contribution in [0, 0.1) is 0 Å². The van der Waals surface area contributed by atoms with Crippen molar-refractivity contribution in [3.8, 4) is 0 Å². The maximum Gasteiger partial charge on any atom is 0.0363 e. The molecule has 272 valence electrons. The molecule has 0 aliphatic heterocycles. The Morgan fingerprint density at radius 1 is 0.348 bits per heavy atom. The molecule has 0 aliphatic carbocycles. The van der Waals surface area contributed by atoms with Crippen LogP contribution in [-0.2, 0) is 6.42 Å². The van der Waals surface area contributed by atoms with Crippen LogP contribution in [0.3, 0.4) is 0 Å². The van der Waals surface area contributed by atoms with Gasteiger partial charge in [0.25, 0.3) is 0 Å². The quantitative estimate of drug-likeness (QED) is 0.0647. The van der Waals surface area contributed by atoms with Crippen LogP contribution in [0.25, 0.3) is 0 Å². The van der Waals surface area contributed by atoms with E-state index in [9.17, 15) is 0 Å². The Balaban J connectivity index is 0.0000202. The molecular weight excluding hydrogens is 578 g/mol. The van der Waals surface area contributed by atoms with E-state index in [1.807, 2.05) is 0 Å². The zero-order chi connectivity index (χ0) is 32.3. The lowest BCUT2D eigenvalue weighted by molar-refractivity contribution is 0.527. The molecule has 0 saturated carbocycles. The zero-order valence-electron chi connectivity index (χ0n) is 31.9. The largest absolute Gasteiger partial charge is 0.375 e. The molecule has 0 aliphatic rings. The van der Waals surface area contributed by atoms with Crippen molar-refractivity contribution >= 4 is 18.1 Å². The summed E-state index contributed by atoms with van der Waals surface area (Å²) in [5, 5.41) is 0. The summed E-state index contributed by atoms with van der Waals surface area (Å²) in [6, 6.07) is 9.47. The van der Waals surface area contributed by atoms with Crippen molar-refractivity contribution in [3.05, 3.63) is 29.8 Å². The molecule has 46 heavy (non-hydrogen) atoms. The van der Waals surface area contributed by atoms with Gasteiger partial charge in [-0.1, -0.05) is 225 Å². The van der Waals surface area contributed by atoms with Crippen LogP contribution in [0.4, 0.5) is 5.69 Å². The number of nitrogens with zero attached hydrogens (tertiary/aromatic N) is 1. The number of rotatable bonds is 36. The van der Waals surface area contributed by atoms with Gasteiger partial charge in [-0.05, 0) is 37.0 Å². The Hall–Kier alpha value is -0.690. The summed E-state index contributed by atoms with van der Waals surface area (Å²) >= 11 is 0. The van der Waals surface area contributed by atoms with Crippen molar-refractivity contribution in [2.45, 2.75) is 232 Å². The molecular formula is C44H84ClN. The van der Waals surface area contributed by atoms with Gasteiger partial charge in [0, 0.05) is 19.3 Å². The smallest absolute Gasteiger partial charge is 0.0363 e. The molecule has 0 N–H and O–H groups in total. The van der Waals surface area contributed by atoms with Crippen molar-refractivity contribution in [1.82, 2.24) is 0 Å². The van der Waals surface area contributed by atoms with Crippen LogP contribution in [0.5, 0.6) is 0 Å². The van der Waals surface area contributed by atoms with Gasteiger partial charge in [-0.2, -0.15) is 0 Å². The van der Waals surface area contributed by atoms with E-state index in [2.05, 4.69) is 50.1 Å². The average molecular weight is 663 g/mol. The summed E-state index contributed by atoms with van der Waals surface area (Å²) in [4.78, 5) is 2.46. The first-order valence-electron chi connectivity index (χ1n) is 21.1. The summed E-state index contributed by atoms with van der Waals surface area (Å²) in [5.41, 5.74) is 2.91. The molecule has 0 heterocycles. The van der Waals surface area contributed by atoms with Crippen molar-refractivity contribution < 1.29 is 0 Å². The first-order chi connectivity index (χ1) is 22.3. The third kappa shape index (κ3) is 30.6. The lowest BCUT2D eigenvalue weighted by Crippen LogP contribution is -2.18. The first-order valence-corrected chi connectivity index (χ1v) is 21.1. The molecule has 0 unspecified atom stereocenters. The van der Waals surface area contributed by atoms with E-state index in [1.54, 1.807) is 0 Å². The molecule has 0 bridgehead atoms. The Bertz CT molecular complexity index is 686. The fraction of sp³-hybridized carbons (Fsp3) is 0.864. The molecule has 1 rings (SSSR count). The van der Waals surface area contributed by atoms with E-state index < -0.39 is 0 Å². The van der Waals surface area contributed by atoms with Gasteiger partial charge < -0.3 is 4.90 Å². The highest BCUT2D eigenvalue weighted by atomic mass is 35.5. The van der Waals surface area contributed by atoms with E-state index in [1.165, 1.54) is 236 Å². The number of anilines is 1. The van der Waals surface area contributed by atoms with Gasteiger partial charge in [-0.15, -0.1) is 12.4 Å². The third-order valence-corrected chi connectivity index (χ3v) is 10.3. The minimum atomic E-state index is 0. The maximum atomic E-state index is 2.46. The fourth-order valence-corrected chi connectivity index (χ4v) is 7.00. The topological polar surface area (TPSA) is 3.24 Å². The van der Waals surface area contributed by atoms with E-state index in [0.717, 1.165) is 0 Å². The molecule has 1 nitrogen and oxygen atoms in total. The highest BCUT2D eigenvalue weighted by molar-refractivity contribution is 5.85. The van der Waals surface area contributed by atoms with Gasteiger partial charge in [-0.3, -0.25) is 0 Å². The summed E-state index contributed by atoms with van der Waals surface area (Å²) in [6.45, 7) is 5.80. The van der Waals surface area contributed by atoms with E-state index in [-0.39, 0.29) is 12.4 Å². The molecule has 0 aromatic heterocycles. The molecule has 1 aromatic rings. The first kappa shape index (κ1) is 45.3. The average Bonchev–Trinajstić information content (AvgIpc) is 3.06. The lowest BCUT2D eigenvalue weighted by atomic mass is 10.0. The Morgan fingerprint density at radius 3 is 0.913 bits per heavy atom. The van der Waals surface area contributed by atoms with E-state index in [0.29, 0.717) is 0 Å². The predicted molar refractivity (Wildman–Crippen MR) is 214 cm³/mol. The van der Waals surface area contributed by atoms with Gasteiger partial charge in [0.05, 0.1) is 0 Å². The van der Waals surface area contributed by atoms with Crippen LogP contribution < -0.4 is 4.90 Å². The standard InChI is InChI=1S/C44H83N.ClH/c1-4-6-8-10-12-14-16-18-20-22-23-25-27-29-31-33-35-37-43-38-40-44(41-39-43)45(3)42-36-34-32-30-28-26-24-21-19-17-15-13-11-9-7-5-2;/h38-41H,4-37,42H2,1-3H3;1H. The summed E-state index contributed by atoms with van der Waals surface area (Å²) < 4.78 is 0. The number of hydrogen-bond acceptors (Lipinski definition) is 1. The molecule has 0 radical (unpaired) electrons. The Labute approximate surface area is 297 Å². The molecule has 0 amide bonds. The van der Waals surface area contributed by atoms with Gasteiger partial charge in [0.15, 0.2) is 0 Å². The summed E-state index contributed by atoms with van der Waals surface area (Å²) in [7, 11) is 2.27. The van der Waals surface area contributed by atoms with Crippen LogP contribution in [0.2, 0.25) is 0 Å². The normalized spacial score (nSPS) is 11.2. The molecule has 0 spiro atoms. The second-order valence-corrected chi connectivity index (χ2v) is 14.8. The van der Waals surface area contributed by atoms with Gasteiger partial charge in [-0.25, -0.2) is 0 Å². The SMILES string of the molecule is CCCCCCCCCCCCCCCCCCCc1ccc(N(C)CCCCCCCCCCCCCCCCCC)cc1.Cl. The summed E-state index contributed by atoms with van der Waals surface area (Å²) in [6.07, 6.45) is 48.9. The van der Waals surface area contributed by atoms with Crippen LogP contribution in [0.1, 0.15) is 231 Å². The monoisotopic (exact) mass is 662 g/mol. The van der Waals surface area contributed by atoms with E-state index >= 15 is 0 Å². The van der Waals surface area contributed by atoms with Crippen molar-refractivity contribution in [1.29, 1.82) is 0 Å². The number of hydrogen-bond donors (Lipinski definition) is 0. The number of halogens is 1. The van der Waals surface area contributed by atoms with Gasteiger partial charge >= 0.3 is 0 Å². The molecule has 1 aromatic carbocycles. The minimum absolute atomic E-state index is 0. The van der Waals surface area contributed by atoms with Crippen molar-refractivity contribution in [2.75, 3.05) is 18.5 Å². The highest BCUT2D eigenvalue weighted by Crippen LogP contribution is 2.19. The third-order valence-electron chi connectivity index (χ3n) is 10.3. The van der Waals surface area contributed by atoms with E-state index in [4.69, 9.17) is 0 Å². The Kier molecular flexibility index (Phi) is 36.6.